The fraction of sp³-hybridized carbons (Fsp3) is 0.509. The molecule has 398 valence electrons. The van der Waals surface area contributed by atoms with Crippen LogP contribution < -0.4 is 42.6 Å². The lowest BCUT2D eigenvalue weighted by Crippen LogP contribution is -2.52. The molecule has 2 aliphatic heterocycles. The number of rotatable bonds is 27. The predicted octanol–water partition coefficient (Wildman–Crippen LogP) is 8.73. The molecular weight excluding hydrogens is 937 g/mol. The number of aromatic hydroxyl groups is 1. The molecule has 0 saturated carbocycles. The zero-order valence-electron chi connectivity index (χ0n) is 44.9. The molecule has 2 aliphatic rings. The lowest BCUT2D eigenvalue weighted by molar-refractivity contribution is -0.941. The van der Waals surface area contributed by atoms with E-state index in [9.17, 15) is 14.7 Å². The summed E-state index contributed by atoms with van der Waals surface area (Å²) in [7, 11) is 19.0. The molecule has 0 saturated heterocycles. The van der Waals surface area contributed by atoms with Crippen LogP contribution in [0.4, 0.5) is 0 Å². The van der Waals surface area contributed by atoms with E-state index in [1.165, 1.54) is 30.9 Å². The highest BCUT2D eigenvalue weighted by Gasteiger charge is 2.41. The Labute approximate surface area is 431 Å². The van der Waals surface area contributed by atoms with Crippen LogP contribution in [-0.2, 0) is 44.9 Å². The van der Waals surface area contributed by atoms with Crippen molar-refractivity contribution in [1.29, 1.82) is 0 Å². The third kappa shape index (κ3) is 13.8. The Hall–Kier alpha value is -6.52. The molecule has 2 unspecified atom stereocenters. The molecule has 0 radical (unpaired) electrons. The number of fused-ring (bicyclic) bond motifs is 2. The standard InChI is InChI=1S/C57H77N2O14/c1-58(36-41(43-34-48(65-5)47(64-4)33-42(43)37-58)26-38-30-52(69-9)57(71-11)53(31-38)70-10)21-16-24-72-54(60)18-14-12-13-15-19-55(61)73-25-17-22-59(2)23-20-40-32-46(63-3)49(66-6)35-44(40)45(59)27-39-28-50(67-7)56(62)51(29-39)68-8/h12-13,28-35,41,45H,14-27,36-37H2,1-11H3/q+1/p+1/b13-12+/t41-,45-,58?,59?/m1/s1. The minimum atomic E-state index is -0.257. The van der Waals surface area contributed by atoms with E-state index >= 15 is 0 Å². The fourth-order valence-corrected chi connectivity index (χ4v) is 10.7. The van der Waals surface area contributed by atoms with E-state index < -0.39 is 0 Å². The number of hydrogen-bond donors (Lipinski definition) is 1. The first kappa shape index (κ1) is 55.8. The van der Waals surface area contributed by atoms with E-state index in [-0.39, 0.29) is 42.5 Å². The van der Waals surface area contributed by atoms with Crippen molar-refractivity contribution < 1.29 is 75.8 Å². The quantitative estimate of drug-likeness (QED) is 0.0262. The largest absolute Gasteiger partial charge is 0.502 e. The number of allylic oxidation sites excluding steroid dienone is 2. The molecular formula is C57H78N2O14+2. The third-order valence-electron chi connectivity index (χ3n) is 14.5. The molecule has 2 heterocycles. The van der Waals surface area contributed by atoms with Gasteiger partial charge < -0.3 is 66.2 Å². The number of carbonyl (C=O) groups excluding carboxylic acids is 2. The number of benzene rings is 4. The summed E-state index contributed by atoms with van der Waals surface area (Å²) in [6, 6.07) is 16.1. The molecule has 16 nitrogen and oxygen atoms in total. The van der Waals surface area contributed by atoms with Crippen LogP contribution in [0, 0.1) is 0 Å². The van der Waals surface area contributed by atoms with Crippen LogP contribution in [0.3, 0.4) is 0 Å². The van der Waals surface area contributed by atoms with Crippen molar-refractivity contribution in [1.82, 2.24) is 0 Å². The van der Waals surface area contributed by atoms with Crippen LogP contribution in [0.1, 0.15) is 83.9 Å². The summed E-state index contributed by atoms with van der Waals surface area (Å²) in [6.45, 7) is 4.75. The van der Waals surface area contributed by atoms with Gasteiger partial charge in [-0.3, -0.25) is 9.59 Å². The van der Waals surface area contributed by atoms with Gasteiger partial charge in [0.05, 0.1) is 117 Å². The molecule has 0 amide bonds. The number of likely N-dealkylation sites (N-methyl/N-ethyl adjacent to an activating group) is 2. The zero-order valence-corrected chi connectivity index (χ0v) is 44.9. The van der Waals surface area contributed by atoms with Gasteiger partial charge in [0, 0.05) is 55.6 Å². The van der Waals surface area contributed by atoms with E-state index in [1.54, 1.807) is 49.8 Å². The Balaban J connectivity index is 0.946. The summed E-state index contributed by atoms with van der Waals surface area (Å²) in [6.07, 6.45) is 9.00. The maximum Gasteiger partial charge on any atom is 0.306 e. The summed E-state index contributed by atoms with van der Waals surface area (Å²) in [5.41, 5.74) is 6.79. The van der Waals surface area contributed by atoms with Gasteiger partial charge in [0.25, 0.3) is 0 Å². The second-order valence-corrected chi connectivity index (χ2v) is 19.4. The van der Waals surface area contributed by atoms with Crippen LogP contribution in [-0.4, -0.2) is 143 Å². The first-order valence-electron chi connectivity index (χ1n) is 25.1. The molecule has 0 aromatic heterocycles. The number of ether oxygens (including phenoxy) is 11. The number of esters is 2. The van der Waals surface area contributed by atoms with E-state index in [0.29, 0.717) is 102 Å². The Bertz CT molecular complexity index is 2500. The van der Waals surface area contributed by atoms with Gasteiger partial charge in [-0.15, -0.1) is 0 Å². The molecule has 1 N–H and O–H groups in total. The summed E-state index contributed by atoms with van der Waals surface area (Å²) >= 11 is 0. The lowest BCUT2D eigenvalue weighted by atomic mass is 9.83. The van der Waals surface area contributed by atoms with E-state index in [4.69, 9.17) is 52.1 Å². The molecule has 0 spiro atoms. The first-order chi connectivity index (χ1) is 35.2. The molecule has 4 atom stereocenters. The number of nitrogens with zero attached hydrogens (tertiary/aromatic N) is 2. The SMILES string of the molecule is COc1cc2c(cc1OC)[C@H](Cc1cc(OC)c(OC)c(OC)c1)C[N+](C)(CCCOC(=O)CC/C=C/CCC(=O)OCCC[N+]1(C)CCc3cc(OC)c(OC)cc3[C@H]1Cc1cc(OC)c(O)c(OC)c1)C2. The van der Waals surface area contributed by atoms with Gasteiger partial charge in [0.15, 0.2) is 46.0 Å². The second kappa shape index (κ2) is 25.9. The Morgan fingerprint density at radius 2 is 1.03 bits per heavy atom. The topological polar surface area (TPSA) is 156 Å². The van der Waals surface area contributed by atoms with Crippen LogP contribution in [0.5, 0.6) is 57.5 Å². The van der Waals surface area contributed by atoms with Gasteiger partial charge in [-0.2, -0.15) is 0 Å². The monoisotopic (exact) mass is 1010 g/mol. The van der Waals surface area contributed by atoms with Gasteiger partial charge in [-0.05, 0) is 90.0 Å². The molecule has 6 rings (SSSR count). The normalized spacial score (nSPS) is 19.0. The first-order valence-corrected chi connectivity index (χ1v) is 25.1. The highest BCUT2D eigenvalue weighted by atomic mass is 16.5. The van der Waals surface area contributed by atoms with Crippen molar-refractivity contribution in [3.8, 4) is 57.5 Å². The summed E-state index contributed by atoms with van der Waals surface area (Å²) < 4.78 is 63.6. The third-order valence-corrected chi connectivity index (χ3v) is 14.5. The number of phenolic OH excluding ortho intramolecular Hbond substituents is 1. The van der Waals surface area contributed by atoms with Crippen LogP contribution in [0.25, 0.3) is 0 Å². The maximum absolute atomic E-state index is 12.8. The number of methoxy groups -OCH3 is 9. The highest BCUT2D eigenvalue weighted by Crippen LogP contribution is 2.46. The number of phenols is 1. The van der Waals surface area contributed by atoms with Gasteiger partial charge in [0.2, 0.25) is 11.5 Å². The van der Waals surface area contributed by atoms with Crippen molar-refractivity contribution >= 4 is 11.9 Å². The highest BCUT2D eigenvalue weighted by molar-refractivity contribution is 5.70. The number of quaternary nitrogens is 2. The fourth-order valence-electron chi connectivity index (χ4n) is 10.7. The summed E-state index contributed by atoms with van der Waals surface area (Å²) in [5, 5.41) is 10.6. The average molecular weight is 1020 g/mol. The van der Waals surface area contributed by atoms with Crippen LogP contribution in [0.2, 0.25) is 0 Å². The summed E-state index contributed by atoms with van der Waals surface area (Å²) in [5.74, 6) is 4.83. The summed E-state index contributed by atoms with van der Waals surface area (Å²) in [4.78, 5) is 25.6. The maximum atomic E-state index is 12.8. The van der Waals surface area contributed by atoms with E-state index in [0.717, 1.165) is 66.7 Å². The van der Waals surface area contributed by atoms with Crippen LogP contribution >= 0.6 is 0 Å². The Morgan fingerprint density at radius 1 is 0.562 bits per heavy atom. The molecule has 73 heavy (non-hydrogen) atoms. The zero-order chi connectivity index (χ0) is 52.7. The van der Waals surface area contributed by atoms with Crippen molar-refractivity contribution in [2.24, 2.45) is 0 Å². The molecule has 0 aliphatic carbocycles. The number of carbonyl (C=O) groups is 2. The molecule has 16 heteroatoms. The van der Waals surface area contributed by atoms with E-state index in [1.807, 2.05) is 36.4 Å². The Kier molecular flexibility index (Phi) is 19.8. The molecule has 4 aromatic carbocycles. The van der Waals surface area contributed by atoms with E-state index in [2.05, 4.69) is 38.4 Å². The van der Waals surface area contributed by atoms with Crippen molar-refractivity contribution in [3.05, 3.63) is 94.1 Å². The van der Waals surface area contributed by atoms with Gasteiger partial charge in [-0.25, -0.2) is 0 Å². The Morgan fingerprint density at radius 3 is 1.55 bits per heavy atom. The van der Waals surface area contributed by atoms with Crippen molar-refractivity contribution in [3.63, 3.8) is 0 Å². The van der Waals surface area contributed by atoms with Gasteiger partial charge >= 0.3 is 11.9 Å². The minimum Gasteiger partial charge on any atom is -0.502 e. The molecule has 0 fully saturated rings. The molecule has 4 aromatic rings. The average Bonchev–Trinajstić information content (AvgIpc) is 3.39. The van der Waals surface area contributed by atoms with Gasteiger partial charge in [-0.1, -0.05) is 12.2 Å². The second-order valence-electron chi connectivity index (χ2n) is 19.4. The van der Waals surface area contributed by atoms with Gasteiger partial charge in [0.1, 0.15) is 12.6 Å². The van der Waals surface area contributed by atoms with Crippen molar-refractivity contribution in [2.45, 2.75) is 76.3 Å². The minimum absolute atomic E-state index is 0.0158. The lowest BCUT2D eigenvalue weighted by Gasteiger charge is -2.46. The smallest absolute Gasteiger partial charge is 0.306 e. The number of hydrogen-bond acceptors (Lipinski definition) is 14. The predicted molar refractivity (Wildman–Crippen MR) is 277 cm³/mol. The van der Waals surface area contributed by atoms with Crippen molar-refractivity contribution in [2.75, 3.05) is 117 Å². The molecule has 0 bridgehead atoms. The van der Waals surface area contributed by atoms with Crippen LogP contribution in [0.15, 0.2) is 60.7 Å².